The van der Waals surface area contributed by atoms with E-state index in [9.17, 15) is 10.2 Å². The highest BCUT2D eigenvalue weighted by Crippen LogP contribution is 2.32. The third-order valence-electron chi connectivity index (χ3n) is 4.28. The van der Waals surface area contributed by atoms with Gasteiger partial charge in [-0.3, -0.25) is 0 Å². The van der Waals surface area contributed by atoms with Gasteiger partial charge in [-0.05, 0) is 43.9 Å². The van der Waals surface area contributed by atoms with Gasteiger partial charge in [-0.2, -0.15) is 0 Å². The van der Waals surface area contributed by atoms with Crippen LogP contribution in [-0.2, 0) is 0 Å². The Morgan fingerprint density at radius 3 is 2.12 bits per heavy atom. The SMILES string of the molecule is O[C@H](C1CC=CCC1)[C@H](O)C1CCCCC1. The van der Waals surface area contributed by atoms with Crippen LogP contribution in [0, 0.1) is 11.8 Å². The van der Waals surface area contributed by atoms with E-state index in [1.807, 2.05) is 0 Å². The number of aliphatic hydroxyl groups excluding tert-OH is 2. The molecule has 1 unspecified atom stereocenters. The Hall–Kier alpha value is -0.340. The summed E-state index contributed by atoms with van der Waals surface area (Å²) in [5, 5.41) is 20.4. The van der Waals surface area contributed by atoms with Crippen LogP contribution in [0.15, 0.2) is 12.2 Å². The van der Waals surface area contributed by atoms with E-state index < -0.39 is 12.2 Å². The second kappa shape index (κ2) is 5.83. The molecule has 16 heavy (non-hydrogen) atoms. The third kappa shape index (κ3) is 2.86. The fourth-order valence-corrected chi connectivity index (χ4v) is 3.16. The van der Waals surface area contributed by atoms with Crippen molar-refractivity contribution in [1.82, 2.24) is 0 Å². The first kappa shape index (κ1) is 12.1. The van der Waals surface area contributed by atoms with Gasteiger partial charge in [0.05, 0.1) is 12.2 Å². The molecule has 2 rings (SSSR count). The van der Waals surface area contributed by atoms with Gasteiger partial charge in [0.25, 0.3) is 0 Å². The van der Waals surface area contributed by atoms with E-state index in [0.29, 0.717) is 5.92 Å². The summed E-state index contributed by atoms with van der Waals surface area (Å²) in [6, 6.07) is 0. The lowest BCUT2D eigenvalue weighted by molar-refractivity contribution is -0.0569. The molecule has 0 bridgehead atoms. The Balaban J connectivity index is 1.86. The van der Waals surface area contributed by atoms with Gasteiger partial charge in [-0.15, -0.1) is 0 Å². The molecule has 0 radical (unpaired) electrons. The summed E-state index contributed by atoms with van der Waals surface area (Å²) in [5.41, 5.74) is 0. The zero-order valence-corrected chi connectivity index (χ0v) is 10.0. The maximum Gasteiger partial charge on any atom is 0.0832 e. The molecule has 0 heterocycles. The summed E-state index contributed by atoms with van der Waals surface area (Å²) in [4.78, 5) is 0. The molecule has 2 N–H and O–H groups in total. The number of hydrogen-bond acceptors (Lipinski definition) is 2. The Bertz CT molecular complexity index is 231. The van der Waals surface area contributed by atoms with E-state index >= 15 is 0 Å². The third-order valence-corrected chi connectivity index (χ3v) is 4.28. The molecule has 2 nitrogen and oxygen atoms in total. The average molecular weight is 224 g/mol. The van der Waals surface area contributed by atoms with Crippen molar-refractivity contribution in [3.05, 3.63) is 12.2 Å². The van der Waals surface area contributed by atoms with E-state index in [2.05, 4.69) is 12.2 Å². The van der Waals surface area contributed by atoms with Gasteiger partial charge in [0.1, 0.15) is 0 Å². The molecule has 0 aromatic rings. The Morgan fingerprint density at radius 1 is 0.812 bits per heavy atom. The van der Waals surface area contributed by atoms with E-state index in [1.165, 1.54) is 19.3 Å². The molecular weight excluding hydrogens is 200 g/mol. The first-order valence-electron chi connectivity index (χ1n) is 6.80. The number of hydrogen-bond donors (Lipinski definition) is 2. The van der Waals surface area contributed by atoms with Crippen LogP contribution in [0.25, 0.3) is 0 Å². The highest BCUT2D eigenvalue weighted by molar-refractivity contribution is 4.94. The monoisotopic (exact) mass is 224 g/mol. The van der Waals surface area contributed by atoms with Crippen molar-refractivity contribution in [1.29, 1.82) is 0 Å². The molecule has 1 fully saturated rings. The highest BCUT2D eigenvalue weighted by atomic mass is 16.3. The fourth-order valence-electron chi connectivity index (χ4n) is 3.16. The predicted molar refractivity (Wildman–Crippen MR) is 65.1 cm³/mol. The lowest BCUT2D eigenvalue weighted by atomic mass is 9.78. The maximum atomic E-state index is 10.2. The van der Waals surface area contributed by atoms with Crippen molar-refractivity contribution in [3.8, 4) is 0 Å². The molecule has 0 saturated heterocycles. The standard InChI is InChI=1S/C14H24O2/c15-13(11-7-3-1-4-8-11)14(16)12-9-5-2-6-10-12/h1,3,11-16H,2,4-10H2/t11?,13-,14-/m1/s1. The molecule has 3 atom stereocenters. The van der Waals surface area contributed by atoms with Crippen molar-refractivity contribution in [2.75, 3.05) is 0 Å². The summed E-state index contributed by atoms with van der Waals surface area (Å²) in [6.45, 7) is 0. The molecule has 2 aliphatic rings. The molecule has 0 aromatic carbocycles. The molecule has 0 spiro atoms. The van der Waals surface area contributed by atoms with Gasteiger partial charge in [0.15, 0.2) is 0 Å². The second-order valence-electron chi connectivity index (χ2n) is 5.42. The molecule has 0 aliphatic heterocycles. The van der Waals surface area contributed by atoms with Crippen LogP contribution in [0.2, 0.25) is 0 Å². The Kier molecular flexibility index (Phi) is 4.42. The van der Waals surface area contributed by atoms with E-state index in [4.69, 9.17) is 0 Å². The van der Waals surface area contributed by atoms with E-state index in [0.717, 1.165) is 32.1 Å². The van der Waals surface area contributed by atoms with Gasteiger partial charge in [0.2, 0.25) is 0 Å². The molecule has 92 valence electrons. The zero-order chi connectivity index (χ0) is 11.4. The minimum Gasteiger partial charge on any atom is -0.390 e. The summed E-state index contributed by atoms with van der Waals surface area (Å²) >= 11 is 0. The number of aliphatic hydroxyl groups is 2. The number of allylic oxidation sites excluding steroid dienone is 2. The highest BCUT2D eigenvalue weighted by Gasteiger charge is 2.32. The van der Waals surface area contributed by atoms with E-state index in [1.54, 1.807) is 0 Å². The van der Waals surface area contributed by atoms with Gasteiger partial charge < -0.3 is 10.2 Å². The minimum absolute atomic E-state index is 0.280. The quantitative estimate of drug-likeness (QED) is 0.724. The number of rotatable bonds is 3. The molecule has 2 heteroatoms. The second-order valence-corrected chi connectivity index (χ2v) is 5.42. The predicted octanol–water partition coefficient (Wildman–Crippen LogP) is 2.64. The molecule has 2 aliphatic carbocycles. The van der Waals surface area contributed by atoms with Gasteiger partial charge in [0, 0.05) is 0 Å². The minimum atomic E-state index is -0.506. The van der Waals surface area contributed by atoms with Crippen LogP contribution in [0.1, 0.15) is 51.4 Å². The summed E-state index contributed by atoms with van der Waals surface area (Å²) in [7, 11) is 0. The fraction of sp³-hybridized carbons (Fsp3) is 0.857. The van der Waals surface area contributed by atoms with Crippen LogP contribution in [0.3, 0.4) is 0 Å². The summed E-state index contributed by atoms with van der Waals surface area (Å²) in [5.74, 6) is 0.622. The van der Waals surface area contributed by atoms with Gasteiger partial charge in [-0.1, -0.05) is 31.4 Å². The Morgan fingerprint density at radius 2 is 1.50 bits per heavy atom. The smallest absolute Gasteiger partial charge is 0.0832 e. The van der Waals surface area contributed by atoms with Crippen LogP contribution < -0.4 is 0 Å². The Labute approximate surface area is 98.4 Å². The molecule has 0 aromatic heterocycles. The maximum absolute atomic E-state index is 10.2. The van der Waals surface area contributed by atoms with Gasteiger partial charge in [-0.25, -0.2) is 0 Å². The van der Waals surface area contributed by atoms with Crippen LogP contribution in [0.5, 0.6) is 0 Å². The summed E-state index contributed by atoms with van der Waals surface area (Å²) in [6.07, 6.45) is 12.3. The van der Waals surface area contributed by atoms with Crippen molar-refractivity contribution < 1.29 is 10.2 Å². The van der Waals surface area contributed by atoms with Crippen molar-refractivity contribution in [2.45, 2.75) is 63.6 Å². The molecule has 1 saturated carbocycles. The average Bonchev–Trinajstić information content (AvgIpc) is 2.39. The lowest BCUT2D eigenvalue weighted by Crippen LogP contribution is -2.39. The van der Waals surface area contributed by atoms with Crippen molar-refractivity contribution in [2.24, 2.45) is 11.8 Å². The topological polar surface area (TPSA) is 40.5 Å². The van der Waals surface area contributed by atoms with Gasteiger partial charge >= 0.3 is 0 Å². The molecular formula is C14H24O2. The van der Waals surface area contributed by atoms with Crippen LogP contribution >= 0.6 is 0 Å². The lowest BCUT2D eigenvalue weighted by Gasteiger charge is -2.34. The van der Waals surface area contributed by atoms with Crippen LogP contribution in [-0.4, -0.2) is 22.4 Å². The first-order valence-corrected chi connectivity index (χ1v) is 6.80. The normalized spacial score (nSPS) is 31.2. The van der Waals surface area contributed by atoms with E-state index in [-0.39, 0.29) is 5.92 Å². The largest absolute Gasteiger partial charge is 0.390 e. The zero-order valence-electron chi connectivity index (χ0n) is 10.0. The summed E-state index contributed by atoms with van der Waals surface area (Å²) < 4.78 is 0. The van der Waals surface area contributed by atoms with Crippen molar-refractivity contribution >= 4 is 0 Å². The molecule has 0 amide bonds. The first-order chi connectivity index (χ1) is 7.79. The van der Waals surface area contributed by atoms with Crippen LogP contribution in [0.4, 0.5) is 0 Å². The van der Waals surface area contributed by atoms with Crippen molar-refractivity contribution in [3.63, 3.8) is 0 Å².